The van der Waals surface area contributed by atoms with Gasteiger partial charge < -0.3 is 4.74 Å². The molecule has 2 nitrogen and oxygen atoms in total. The van der Waals surface area contributed by atoms with E-state index in [-0.39, 0.29) is 17.7 Å². The first kappa shape index (κ1) is 22.5. The lowest BCUT2D eigenvalue weighted by molar-refractivity contribution is 0.250. The Morgan fingerprint density at radius 3 is 2.09 bits per heavy atom. The van der Waals surface area contributed by atoms with E-state index in [0.717, 1.165) is 33.7 Å². The summed E-state index contributed by atoms with van der Waals surface area (Å²) < 4.78 is 34.0. The van der Waals surface area contributed by atoms with E-state index in [1.807, 2.05) is 19.9 Å². The molecule has 2 heterocycles. The molecule has 1 atom stereocenters. The van der Waals surface area contributed by atoms with Crippen LogP contribution in [0.15, 0.2) is 83.9 Å². The van der Waals surface area contributed by atoms with E-state index in [1.54, 1.807) is 11.3 Å². The zero-order valence-electron chi connectivity index (χ0n) is 19.1. The monoisotopic (exact) mass is 473 g/mol. The molecule has 5 rings (SSSR count). The molecule has 4 aromatic rings. The molecule has 1 aliphatic heterocycles. The van der Waals surface area contributed by atoms with Crippen molar-refractivity contribution in [3.05, 3.63) is 102 Å². The molecule has 0 fully saturated rings. The normalized spacial score (nSPS) is 15.6. The molecular weight excluding hydrogens is 448 g/mol. The van der Waals surface area contributed by atoms with Gasteiger partial charge >= 0.3 is 0 Å². The second kappa shape index (κ2) is 9.51. The van der Waals surface area contributed by atoms with Gasteiger partial charge in [-0.2, -0.15) is 0 Å². The van der Waals surface area contributed by atoms with Crippen molar-refractivity contribution in [1.82, 2.24) is 0 Å². The maximum atomic E-state index is 14.1. The highest BCUT2D eigenvalue weighted by Crippen LogP contribution is 2.36. The summed E-state index contributed by atoms with van der Waals surface area (Å²) in [4.78, 5) is 5.82. The van der Waals surface area contributed by atoms with E-state index >= 15 is 0 Å². The van der Waals surface area contributed by atoms with Gasteiger partial charge in [0.1, 0.15) is 11.6 Å². The Kier molecular flexibility index (Phi) is 6.29. The van der Waals surface area contributed by atoms with Gasteiger partial charge in [-0.1, -0.05) is 65.9 Å². The van der Waals surface area contributed by atoms with Gasteiger partial charge in [0.25, 0.3) is 0 Å². The van der Waals surface area contributed by atoms with Crippen molar-refractivity contribution in [2.75, 3.05) is 0 Å². The summed E-state index contributed by atoms with van der Waals surface area (Å²) in [7, 11) is 0. The largest absolute Gasteiger partial charge is 0.481 e. The second-order valence-corrected chi connectivity index (χ2v) is 9.76. The minimum absolute atomic E-state index is 0.00957. The molecule has 34 heavy (non-hydrogen) atoms. The Labute approximate surface area is 202 Å². The summed E-state index contributed by atoms with van der Waals surface area (Å²) in [6.07, 6.45) is 1.48. The molecule has 1 unspecified atom stereocenters. The molecule has 1 aromatic heterocycles. The summed E-state index contributed by atoms with van der Waals surface area (Å²) in [5.74, 6) is -1.10. The van der Waals surface area contributed by atoms with Crippen LogP contribution >= 0.6 is 11.3 Å². The number of benzene rings is 3. The Balaban J connectivity index is 1.31. The summed E-state index contributed by atoms with van der Waals surface area (Å²) in [5.41, 5.74) is 4.99. The third-order valence-electron chi connectivity index (χ3n) is 5.95. The lowest BCUT2D eigenvalue weighted by Crippen LogP contribution is -2.03. The highest BCUT2D eigenvalue weighted by Gasteiger charge is 2.24. The summed E-state index contributed by atoms with van der Waals surface area (Å²) >= 11 is 1.65. The fourth-order valence-electron chi connectivity index (χ4n) is 4.29. The first-order valence-corrected chi connectivity index (χ1v) is 12.3. The molecular formula is C29H25F2NOS. The summed E-state index contributed by atoms with van der Waals surface area (Å²) in [6.45, 7) is 4.06. The van der Waals surface area contributed by atoms with Gasteiger partial charge in [-0.25, -0.2) is 8.78 Å². The van der Waals surface area contributed by atoms with Crippen LogP contribution in [0.2, 0.25) is 0 Å². The number of nitrogens with zero attached hydrogens (tertiary/aromatic N) is 1. The van der Waals surface area contributed by atoms with E-state index in [4.69, 9.17) is 4.74 Å². The first-order valence-electron chi connectivity index (χ1n) is 11.5. The summed E-state index contributed by atoms with van der Waals surface area (Å²) in [5, 5.41) is 0.931. The number of rotatable bonds is 6. The fourth-order valence-corrected chi connectivity index (χ4v) is 5.27. The number of thiophene rings is 1. The topological polar surface area (TPSA) is 21.6 Å². The van der Waals surface area contributed by atoms with Crippen molar-refractivity contribution in [3.8, 4) is 26.6 Å². The molecule has 0 saturated carbocycles. The van der Waals surface area contributed by atoms with Crippen LogP contribution < -0.4 is 4.74 Å². The smallest absolute Gasteiger partial charge is 0.174 e. The molecule has 1 aliphatic rings. The quantitative estimate of drug-likeness (QED) is 0.275. The van der Waals surface area contributed by atoms with Gasteiger partial charge in [0.2, 0.25) is 0 Å². The maximum Gasteiger partial charge on any atom is 0.174 e. The highest BCUT2D eigenvalue weighted by molar-refractivity contribution is 7.17. The Morgan fingerprint density at radius 2 is 1.44 bits per heavy atom. The standard InChI is InChI=1S/C29H25F2NOS/c1-18(2)33-28-17-16-27(34-28)22-12-8-20(9-13-22)19-6-10-21(11-7-19)25-14-15-26(32-25)29-23(30)4-3-5-24(29)31/h3-13,16-18,25H,14-15H2,1-2H3. The molecule has 3 aromatic carbocycles. The van der Waals surface area contributed by atoms with Crippen molar-refractivity contribution in [2.45, 2.75) is 38.8 Å². The number of hydrogen-bond acceptors (Lipinski definition) is 3. The molecule has 0 saturated heterocycles. The molecule has 172 valence electrons. The lowest BCUT2D eigenvalue weighted by Gasteiger charge is -2.09. The average molecular weight is 474 g/mol. The van der Waals surface area contributed by atoms with Crippen LogP contribution in [-0.2, 0) is 0 Å². The van der Waals surface area contributed by atoms with Crippen LogP contribution in [0.5, 0.6) is 5.06 Å². The van der Waals surface area contributed by atoms with Crippen molar-refractivity contribution in [3.63, 3.8) is 0 Å². The lowest BCUT2D eigenvalue weighted by atomic mass is 9.98. The minimum Gasteiger partial charge on any atom is -0.481 e. The van der Waals surface area contributed by atoms with Crippen LogP contribution in [0.4, 0.5) is 8.78 Å². The highest BCUT2D eigenvalue weighted by atomic mass is 32.1. The van der Waals surface area contributed by atoms with Crippen molar-refractivity contribution >= 4 is 17.0 Å². The number of halogens is 2. The fraction of sp³-hybridized carbons (Fsp3) is 0.207. The molecule has 0 aliphatic carbocycles. The van der Waals surface area contributed by atoms with E-state index in [9.17, 15) is 8.78 Å². The molecule has 0 spiro atoms. The van der Waals surface area contributed by atoms with Crippen molar-refractivity contribution in [1.29, 1.82) is 0 Å². The van der Waals surface area contributed by atoms with Gasteiger partial charge in [-0.3, -0.25) is 4.99 Å². The van der Waals surface area contributed by atoms with Crippen molar-refractivity contribution < 1.29 is 13.5 Å². The minimum atomic E-state index is -0.551. The molecule has 5 heteroatoms. The van der Waals surface area contributed by atoms with E-state index in [1.165, 1.54) is 23.1 Å². The molecule has 0 N–H and O–H groups in total. The molecule has 0 amide bonds. The van der Waals surface area contributed by atoms with Crippen LogP contribution in [-0.4, -0.2) is 11.8 Å². The maximum absolute atomic E-state index is 14.1. The van der Waals surface area contributed by atoms with Gasteiger partial charge in [-0.05, 0) is 73.2 Å². The first-order chi connectivity index (χ1) is 16.5. The third kappa shape index (κ3) is 4.66. The van der Waals surface area contributed by atoms with Crippen LogP contribution in [0.1, 0.15) is 43.9 Å². The van der Waals surface area contributed by atoms with Gasteiger partial charge in [0, 0.05) is 10.6 Å². The van der Waals surface area contributed by atoms with Crippen LogP contribution in [0, 0.1) is 11.6 Å². The van der Waals surface area contributed by atoms with E-state index in [2.05, 4.69) is 59.6 Å². The van der Waals surface area contributed by atoms with Crippen molar-refractivity contribution in [2.24, 2.45) is 4.99 Å². The van der Waals surface area contributed by atoms with Gasteiger partial charge in [0.05, 0.1) is 17.7 Å². The average Bonchev–Trinajstić information content (AvgIpc) is 3.49. The Bertz CT molecular complexity index is 1300. The number of aliphatic imine (C=N–C) groups is 1. The molecule has 0 bridgehead atoms. The van der Waals surface area contributed by atoms with E-state index < -0.39 is 11.6 Å². The van der Waals surface area contributed by atoms with Gasteiger partial charge in [-0.15, -0.1) is 0 Å². The zero-order chi connectivity index (χ0) is 23.7. The zero-order valence-corrected chi connectivity index (χ0v) is 19.9. The van der Waals surface area contributed by atoms with Crippen LogP contribution in [0.3, 0.4) is 0 Å². The molecule has 0 radical (unpaired) electrons. The summed E-state index contributed by atoms with van der Waals surface area (Å²) in [6, 6.07) is 24.8. The van der Waals surface area contributed by atoms with E-state index in [0.29, 0.717) is 12.1 Å². The van der Waals surface area contributed by atoms with Crippen LogP contribution in [0.25, 0.3) is 21.6 Å². The Morgan fingerprint density at radius 1 is 0.824 bits per heavy atom. The number of hydrogen-bond donors (Lipinski definition) is 0. The predicted octanol–water partition coefficient (Wildman–Crippen LogP) is 8.47. The SMILES string of the molecule is CC(C)Oc1ccc(-c2ccc(-c3ccc(C4CCC(c5c(F)cccc5F)=N4)cc3)cc2)s1. The predicted molar refractivity (Wildman–Crippen MR) is 136 cm³/mol. The van der Waals surface area contributed by atoms with Gasteiger partial charge in [0.15, 0.2) is 5.06 Å². The Hall–Kier alpha value is -3.31. The number of ether oxygens (including phenoxy) is 1. The third-order valence-corrected chi connectivity index (χ3v) is 6.97. The second-order valence-electron chi connectivity index (χ2n) is 8.71.